The molecule has 0 saturated heterocycles. The molecule has 180 valence electrons. The van der Waals surface area contributed by atoms with Crippen molar-refractivity contribution in [1.82, 2.24) is 15.1 Å². The number of allylic oxidation sites excluding steroid dienone is 1. The number of benzene rings is 1. The Morgan fingerprint density at radius 1 is 1.16 bits per heavy atom. The van der Waals surface area contributed by atoms with Gasteiger partial charge in [-0.05, 0) is 62.8 Å². The fourth-order valence-corrected chi connectivity index (χ4v) is 3.36. The summed E-state index contributed by atoms with van der Waals surface area (Å²) in [5.74, 6) is 1.26. The van der Waals surface area contributed by atoms with Gasteiger partial charge in [0.25, 0.3) is 5.91 Å². The number of carbonyl (C=O) groups excluding carboxylic acids is 1. The fraction of sp³-hybridized carbons (Fsp3) is 0.556. The number of halogens is 1. The maximum absolute atomic E-state index is 13.0. The smallest absolute Gasteiger partial charge is 0.272 e. The molecular weight excluding hydrogens is 401 g/mol. The Kier molecular flexibility index (Phi) is 14.2. The van der Waals surface area contributed by atoms with Crippen molar-refractivity contribution in [3.8, 4) is 5.69 Å². The van der Waals surface area contributed by atoms with E-state index in [0.717, 1.165) is 41.6 Å². The average molecular weight is 446 g/mol. The van der Waals surface area contributed by atoms with E-state index in [9.17, 15) is 9.18 Å². The summed E-state index contributed by atoms with van der Waals surface area (Å²) >= 11 is 0. The van der Waals surface area contributed by atoms with Crippen molar-refractivity contribution in [3.63, 3.8) is 0 Å². The highest BCUT2D eigenvalue weighted by Crippen LogP contribution is 2.37. The minimum Gasteiger partial charge on any atom is -0.351 e. The lowest BCUT2D eigenvalue weighted by molar-refractivity contribution is 0.0949. The first-order valence-electron chi connectivity index (χ1n) is 12.1. The predicted molar refractivity (Wildman–Crippen MR) is 135 cm³/mol. The van der Waals surface area contributed by atoms with Crippen LogP contribution in [0.1, 0.15) is 90.0 Å². The zero-order valence-electron chi connectivity index (χ0n) is 21.7. The molecule has 1 aromatic carbocycles. The molecule has 1 aliphatic rings. The van der Waals surface area contributed by atoms with E-state index < -0.39 is 0 Å². The molecule has 3 rings (SSSR count). The maximum atomic E-state index is 13.0. The number of hydrogen-bond acceptors (Lipinski definition) is 2. The molecule has 1 saturated carbocycles. The Labute approximate surface area is 195 Å². The van der Waals surface area contributed by atoms with Gasteiger partial charge in [-0.3, -0.25) is 4.79 Å². The van der Waals surface area contributed by atoms with Crippen LogP contribution < -0.4 is 5.32 Å². The van der Waals surface area contributed by atoms with E-state index in [-0.39, 0.29) is 11.7 Å². The van der Waals surface area contributed by atoms with Crippen molar-refractivity contribution in [2.45, 2.75) is 81.6 Å². The third-order valence-electron chi connectivity index (χ3n) is 5.45. The molecule has 1 fully saturated rings. The molecule has 2 atom stereocenters. The van der Waals surface area contributed by atoms with Crippen LogP contribution in [0.15, 0.2) is 36.4 Å². The van der Waals surface area contributed by atoms with Gasteiger partial charge in [-0.25, -0.2) is 9.07 Å². The second kappa shape index (κ2) is 15.4. The van der Waals surface area contributed by atoms with Gasteiger partial charge in [-0.15, -0.1) is 0 Å². The molecule has 4 nitrogen and oxygen atoms in total. The fourth-order valence-electron chi connectivity index (χ4n) is 3.36. The maximum Gasteiger partial charge on any atom is 0.272 e. The predicted octanol–water partition coefficient (Wildman–Crippen LogP) is 7.29. The summed E-state index contributed by atoms with van der Waals surface area (Å²) in [4.78, 5) is 12.1. The van der Waals surface area contributed by atoms with Gasteiger partial charge < -0.3 is 5.32 Å². The number of aromatic nitrogens is 2. The van der Waals surface area contributed by atoms with Gasteiger partial charge >= 0.3 is 0 Å². The largest absolute Gasteiger partial charge is 0.351 e. The van der Waals surface area contributed by atoms with Crippen molar-refractivity contribution < 1.29 is 9.18 Å². The van der Waals surface area contributed by atoms with Crippen LogP contribution in [0.25, 0.3) is 5.69 Å². The molecule has 0 bridgehead atoms. The Morgan fingerprint density at radius 3 is 2.09 bits per heavy atom. The van der Waals surface area contributed by atoms with Gasteiger partial charge in [0.05, 0.1) is 5.69 Å². The van der Waals surface area contributed by atoms with E-state index in [1.165, 1.54) is 24.1 Å². The standard InChI is InChI=1S/C16H20FN3O.C7H12.2C2H6/c1-4-6-14-11(3)20(13-9-7-12(17)8-10-13)19-15(14)16(21)18-5-2;1-5-4-6(2)7(5)3;2*1-2/h7-10H,4-6H2,1-3H3,(H,18,21);6-7H,1,4H2,2-3H3;2*1-2H3. The number of amides is 1. The first-order chi connectivity index (χ1) is 15.3. The molecule has 1 aromatic heterocycles. The highest BCUT2D eigenvalue weighted by molar-refractivity contribution is 5.94. The second-order valence-corrected chi connectivity index (χ2v) is 7.54. The van der Waals surface area contributed by atoms with E-state index in [2.05, 4.69) is 37.8 Å². The quantitative estimate of drug-likeness (QED) is 0.491. The number of nitrogens with one attached hydrogen (secondary N) is 1. The normalized spacial score (nSPS) is 16.2. The Hall–Kier alpha value is -2.43. The van der Waals surface area contributed by atoms with Crippen LogP contribution in [0.5, 0.6) is 0 Å². The summed E-state index contributed by atoms with van der Waals surface area (Å²) in [7, 11) is 0. The van der Waals surface area contributed by atoms with Crippen LogP contribution in [0.4, 0.5) is 4.39 Å². The first kappa shape index (κ1) is 29.6. The molecule has 0 aliphatic heterocycles. The minimum atomic E-state index is -0.290. The lowest BCUT2D eigenvalue weighted by Gasteiger charge is -2.33. The van der Waals surface area contributed by atoms with Crippen LogP contribution in [0.3, 0.4) is 0 Å². The topological polar surface area (TPSA) is 46.9 Å². The van der Waals surface area contributed by atoms with Crippen LogP contribution in [0, 0.1) is 24.6 Å². The molecule has 1 N–H and O–H groups in total. The zero-order valence-corrected chi connectivity index (χ0v) is 21.7. The average Bonchev–Trinajstić information content (AvgIpc) is 3.14. The van der Waals surface area contributed by atoms with E-state index in [4.69, 9.17) is 0 Å². The van der Waals surface area contributed by atoms with E-state index in [1.54, 1.807) is 16.8 Å². The second-order valence-electron chi connectivity index (χ2n) is 7.54. The van der Waals surface area contributed by atoms with Gasteiger partial charge in [0, 0.05) is 17.8 Å². The molecule has 2 aromatic rings. The van der Waals surface area contributed by atoms with Crippen molar-refractivity contribution in [3.05, 3.63) is 59.2 Å². The van der Waals surface area contributed by atoms with Gasteiger partial charge in [0.1, 0.15) is 5.82 Å². The number of carbonyl (C=O) groups is 1. The Morgan fingerprint density at radius 2 is 1.72 bits per heavy atom. The monoisotopic (exact) mass is 445 g/mol. The Balaban J connectivity index is 0.000000727. The Bertz CT molecular complexity index is 824. The molecule has 1 amide bonds. The molecule has 32 heavy (non-hydrogen) atoms. The number of hydrogen-bond donors (Lipinski definition) is 1. The van der Waals surface area contributed by atoms with Gasteiger partial charge in [0.15, 0.2) is 5.69 Å². The van der Waals surface area contributed by atoms with Crippen molar-refractivity contribution >= 4 is 5.91 Å². The summed E-state index contributed by atoms with van der Waals surface area (Å²) in [6.45, 7) is 22.9. The van der Waals surface area contributed by atoms with Crippen molar-refractivity contribution in [2.24, 2.45) is 11.8 Å². The lowest BCUT2D eigenvalue weighted by atomic mass is 9.72. The molecular formula is C27H44FN3O. The number of rotatable bonds is 5. The third-order valence-corrected chi connectivity index (χ3v) is 5.45. The van der Waals surface area contributed by atoms with Crippen LogP contribution in [-0.4, -0.2) is 22.2 Å². The lowest BCUT2D eigenvalue weighted by Crippen LogP contribution is -2.24. The zero-order chi connectivity index (χ0) is 24.8. The molecule has 2 unspecified atom stereocenters. The minimum absolute atomic E-state index is 0.162. The van der Waals surface area contributed by atoms with Gasteiger partial charge in [-0.1, -0.05) is 67.0 Å². The summed E-state index contributed by atoms with van der Waals surface area (Å²) in [6, 6.07) is 6.10. The SMILES string of the molecule is C=C1CC(C)C1C.CC.CC.CCCc1c(C(=O)NCC)nn(-c2ccc(F)cc2)c1C. The molecule has 1 aliphatic carbocycles. The van der Waals surface area contributed by atoms with Crippen LogP contribution >= 0.6 is 0 Å². The summed E-state index contributed by atoms with van der Waals surface area (Å²) in [5, 5.41) is 7.22. The number of nitrogens with zero attached hydrogens (tertiary/aromatic N) is 2. The summed E-state index contributed by atoms with van der Waals surface area (Å²) in [6.07, 6.45) is 2.99. The van der Waals surface area contributed by atoms with Crippen LogP contribution in [-0.2, 0) is 6.42 Å². The third kappa shape index (κ3) is 7.92. The summed E-state index contributed by atoms with van der Waals surface area (Å²) < 4.78 is 14.7. The van der Waals surface area contributed by atoms with Gasteiger partial charge in [0.2, 0.25) is 0 Å². The first-order valence-corrected chi connectivity index (χ1v) is 12.1. The van der Waals surface area contributed by atoms with Crippen molar-refractivity contribution in [2.75, 3.05) is 6.54 Å². The van der Waals surface area contributed by atoms with Crippen LogP contribution in [0.2, 0.25) is 0 Å². The van der Waals surface area contributed by atoms with Crippen molar-refractivity contribution in [1.29, 1.82) is 0 Å². The summed E-state index contributed by atoms with van der Waals surface area (Å²) in [5.41, 5.74) is 4.52. The van der Waals surface area contributed by atoms with Gasteiger partial charge in [-0.2, -0.15) is 5.10 Å². The molecule has 0 radical (unpaired) electrons. The highest BCUT2D eigenvalue weighted by atomic mass is 19.1. The molecule has 1 heterocycles. The molecule has 5 heteroatoms. The van der Waals surface area contributed by atoms with E-state index >= 15 is 0 Å². The van der Waals surface area contributed by atoms with E-state index in [0.29, 0.717) is 12.2 Å². The highest BCUT2D eigenvalue weighted by Gasteiger charge is 2.25. The molecule has 0 spiro atoms. The van der Waals surface area contributed by atoms with E-state index in [1.807, 2.05) is 41.5 Å².